The first kappa shape index (κ1) is 18.3. The number of amides is 1. The number of nitrogens with zero attached hydrogens (tertiary/aromatic N) is 1. The number of halogens is 3. The van der Waals surface area contributed by atoms with Gasteiger partial charge in [-0.3, -0.25) is 4.79 Å². The summed E-state index contributed by atoms with van der Waals surface area (Å²) in [7, 11) is 0. The number of hydrogen-bond acceptors (Lipinski definition) is 3. The zero-order valence-corrected chi connectivity index (χ0v) is 13.0. The van der Waals surface area contributed by atoms with Gasteiger partial charge in [0.1, 0.15) is 0 Å². The van der Waals surface area contributed by atoms with E-state index in [2.05, 4.69) is 0 Å². The highest BCUT2D eigenvalue weighted by Crippen LogP contribution is 2.31. The van der Waals surface area contributed by atoms with E-state index < -0.39 is 29.7 Å². The Bertz CT molecular complexity index is 618. The lowest BCUT2D eigenvalue weighted by molar-refractivity contribution is -0.159. The third-order valence-corrected chi connectivity index (χ3v) is 3.96. The number of carboxylic acid groups (broad SMARTS) is 1. The number of carboxylic acids is 1. The van der Waals surface area contributed by atoms with E-state index in [1.807, 2.05) is 0 Å². The zero-order chi connectivity index (χ0) is 17.9. The van der Waals surface area contributed by atoms with Gasteiger partial charge in [0, 0.05) is 13.0 Å². The summed E-state index contributed by atoms with van der Waals surface area (Å²) in [5.74, 6) is -1.85. The van der Waals surface area contributed by atoms with Crippen LogP contribution in [0.5, 0.6) is 0 Å². The fraction of sp³-hybridized carbons (Fsp3) is 0.500. The van der Waals surface area contributed by atoms with Gasteiger partial charge in [0.15, 0.2) is 6.10 Å². The Kier molecular flexibility index (Phi) is 5.48. The molecule has 0 aromatic heterocycles. The van der Waals surface area contributed by atoms with Crippen molar-refractivity contribution in [3.05, 3.63) is 35.4 Å². The third-order valence-electron chi connectivity index (χ3n) is 3.96. The molecule has 1 N–H and O–H groups in total. The second-order valence-electron chi connectivity index (χ2n) is 5.77. The summed E-state index contributed by atoms with van der Waals surface area (Å²) < 4.78 is 43.3. The van der Waals surface area contributed by atoms with Crippen LogP contribution in [0.4, 0.5) is 13.2 Å². The number of hydrogen-bond donors (Lipinski definition) is 1. The minimum absolute atomic E-state index is 0.00759. The van der Waals surface area contributed by atoms with Gasteiger partial charge in [-0.1, -0.05) is 25.1 Å². The van der Waals surface area contributed by atoms with Crippen LogP contribution in [0.25, 0.3) is 0 Å². The van der Waals surface area contributed by atoms with Crippen molar-refractivity contribution >= 4 is 11.9 Å². The molecule has 0 aliphatic carbocycles. The van der Waals surface area contributed by atoms with Crippen LogP contribution in [0.1, 0.15) is 30.4 Å². The molecule has 0 spiro atoms. The van der Waals surface area contributed by atoms with Crippen LogP contribution in [0.2, 0.25) is 0 Å². The second kappa shape index (κ2) is 7.21. The summed E-state index contributed by atoms with van der Waals surface area (Å²) in [6, 6.07) is 4.88. The van der Waals surface area contributed by atoms with Crippen LogP contribution in [0.15, 0.2) is 24.3 Å². The van der Waals surface area contributed by atoms with E-state index in [1.165, 1.54) is 11.0 Å². The molecule has 2 rings (SSSR count). The van der Waals surface area contributed by atoms with Crippen LogP contribution in [-0.4, -0.2) is 47.7 Å². The van der Waals surface area contributed by atoms with Gasteiger partial charge in [-0.25, -0.2) is 4.79 Å². The number of alkyl halides is 3. The summed E-state index contributed by atoms with van der Waals surface area (Å²) in [5, 5.41) is 8.93. The van der Waals surface area contributed by atoms with Crippen LogP contribution < -0.4 is 0 Å². The molecule has 0 saturated carbocycles. The predicted molar refractivity (Wildman–Crippen MR) is 78.4 cm³/mol. The molecule has 1 amide bonds. The molecule has 1 heterocycles. The highest BCUT2D eigenvalue weighted by molar-refractivity contribution is 5.79. The maximum Gasteiger partial charge on any atom is 0.416 e. The Morgan fingerprint density at radius 1 is 1.42 bits per heavy atom. The highest BCUT2D eigenvalue weighted by atomic mass is 19.4. The fourth-order valence-corrected chi connectivity index (χ4v) is 2.56. The smallest absolute Gasteiger partial charge is 0.416 e. The number of carbonyl (C=O) groups is 2. The maximum absolute atomic E-state index is 12.8. The molecular formula is C16H18F3NO4. The molecule has 1 aromatic rings. The predicted octanol–water partition coefficient (Wildman–Crippen LogP) is 2.51. The lowest BCUT2D eigenvalue weighted by atomic mass is 9.95. The van der Waals surface area contributed by atoms with Gasteiger partial charge in [-0.05, 0) is 17.5 Å². The van der Waals surface area contributed by atoms with E-state index in [-0.39, 0.29) is 32.0 Å². The summed E-state index contributed by atoms with van der Waals surface area (Å²) in [4.78, 5) is 24.6. The molecular weight excluding hydrogens is 327 g/mol. The van der Waals surface area contributed by atoms with Crippen LogP contribution in [0, 0.1) is 0 Å². The maximum atomic E-state index is 12.8. The van der Waals surface area contributed by atoms with E-state index in [0.29, 0.717) is 5.56 Å². The number of ether oxygens (including phenoxy) is 1. The van der Waals surface area contributed by atoms with Crippen molar-refractivity contribution in [1.82, 2.24) is 4.90 Å². The monoisotopic (exact) mass is 345 g/mol. The molecule has 8 heteroatoms. The van der Waals surface area contributed by atoms with Gasteiger partial charge in [-0.15, -0.1) is 0 Å². The Morgan fingerprint density at radius 2 is 2.12 bits per heavy atom. The van der Waals surface area contributed by atoms with Crippen LogP contribution in [-0.2, 0) is 20.5 Å². The topological polar surface area (TPSA) is 66.8 Å². The van der Waals surface area contributed by atoms with E-state index in [9.17, 15) is 22.8 Å². The van der Waals surface area contributed by atoms with E-state index in [0.717, 1.165) is 12.1 Å². The average molecular weight is 345 g/mol. The standard InChI is InChI=1S/C16H18F3NO4/c1-10(11-3-2-4-12(8-11)16(17,18)19)7-14(21)20-5-6-24-13(9-20)15(22)23/h2-4,8,10,13H,5-7,9H2,1H3,(H,22,23)/t10-,13-/m0/s1. The van der Waals surface area contributed by atoms with Gasteiger partial charge in [0.2, 0.25) is 5.91 Å². The zero-order valence-electron chi connectivity index (χ0n) is 13.0. The van der Waals surface area contributed by atoms with E-state index in [1.54, 1.807) is 13.0 Å². The summed E-state index contributed by atoms with van der Waals surface area (Å²) in [5.41, 5.74) is -0.335. The van der Waals surface area contributed by atoms with Gasteiger partial charge >= 0.3 is 12.1 Å². The molecule has 24 heavy (non-hydrogen) atoms. The molecule has 0 unspecified atom stereocenters. The van der Waals surface area contributed by atoms with E-state index >= 15 is 0 Å². The molecule has 1 aromatic carbocycles. The number of aliphatic carboxylic acids is 1. The van der Waals surface area contributed by atoms with Crippen molar-refractivity contribution in [3.8, 4) is 0 Å². The highest BCUT2D eigenvalue weighted by Gasteiger charge is 2.32. The van der Waals surface area contributed by atoms with Gasteiger partial charge in [0.05, 0.1) is 18.7 Å². The fourth-order valence-electron chi connectivity index (χ4n) is 2.56. The minimum atomic E-state index is -4.43. The third kappa shape index (κ3) is 4.47. The van der Waals surface area contributed by atoms with E-state index in [4.69, 9.17) is 9.84 Å². The lowest BCUT2D eigenvalue weighted by Gasteiger charge is -2.31. The molecule has 1 saturated heterocycles. The number of carbonyl (C=O) groups excluding carboxylic acids is 1. The molecule has 1 aliphatic heterocycles. The molecule has 0 radical (unpaired) electrons. The SMILES string of the molecule is C[C@@H](CC(=O)N1CCO[C@H](C(=O)O)C1)c1cccc(C(F)(F)F)c1. The molecule has 1 aliphatic rings. The second-order valence-corrected chi connectivity index (χ2v) is 5.77. The van der Waals surface area contributed by atoms with Crippen molar-refractivity contribution in [2.45, 2.75) is 31.5 Å². The Balaban J connectivity index is 2.02. The van der Waals surface area contributed by atoms with Crippen molar-refractivity contribution in [3.63, 3.8) is 0 Å². The molecule has 2 atom stereocenters. The first-order valence-electron chi connectivity index (χ1n) is 7.48. The van der Waals surface area contributed by atoms with Gasteiger partial charge in [-0.2, -0.15) is 13.2 Å². The first-order chi connectivity index (χ1) is 11.2. The van der Waals surface area contributed by atoms with Crippen molar-refractivity contribution in [2.75, 3.05) is 19.7 Å². The van der Waals surface area contributed by atoms with Crippen molar-refractivity contribution < 1.29 is 32.6 Å². The molecule has 1 fully saturated rings. The average Bonchev–Trinajstić information content (AvgIpc) is 2.54. The summed E-state index contributed by atoms with van der Waals surface area (Å²) in [6.07, 6.45) is -5.49. The lowest BCUT2D eigenvalue weighted by Crippen LogP contribution is -2.48. The molecule has 5 nitrogen and oxygen atoms in total. The van der Waals surface area contributed by atoms with Gasteiger partial charge in [0.25, 0.3) is 0 Å². The van der Waals surface area contributed by atoms with Crippen LogP contribution >= 0.6 is 0 Å². The largest absolute Gasteiger partial charge is 0.479 e. The molecule has 0 bridgehead atoms. The quantitative estimate of drug-likeness (QED) is 0.911. The van der Waals surface area contributed by atoms with Crippen molar-refractivity contribution in [1.29, 1.82) is 0 Å². The van der Waals surface area contributed by atoms with Gasteiger partial charge < -0.3 is 14.7 Å². The minimum Gasteiger partial charge on any atom is -0.479 e. The normalized spacial score (nSPS) is 19.8. The molecule has 132 valence electrons. The number of benzene rings is 1. The van der Waals surface area contributed by atoms with Crippen LogP contribution in [0.3, 0.4) is 0 Å². The first-order valence-corrected chi connectivity index (χ1v) is 7.48. The summed E-state index contributed by atoms with van der Waals surface area (Å²) in [6.45, 7) is 2.02. The summed E-state index contributed by atoms with van der Waals surface area (Å²) >= 11 is 0. The number of morpholine rings is 1. The Labute approximate surface area is 137 Å². The Morgan fingerprint density at radius 3 is 2.75 bits per heavy atom. The Hall–Kier alpha value is -2.09. The number of rotatable bonds is 4. The van der Waals surface area contributed by atoms with Crippen molar-refractivity contribution in [2.24, 2.45) is 0 Å².